The zero-order valence-corrected chi connectivity index (χ0v) is 14.3. The van der Waals surface area contributed by atoms with Crippen LogP contribution in [0, 0.1) is 0 Å². The highest BCUT2D eigenvalue weighted by Gasteiger charge is 2.30. The first-order valence-corrected chi connectivity index (χ1v) is 8.97. The third-order valence-electron chi connectivity index (χ3n) is 4.53. The molecule has 1 aliphatic rings. The molecule has 0 spiro atoms. The monoisotopic (exact) mass is 341 g/mol. The Morgan fingerprint density at radius 2 is 2.38 bits per heavy atom. The van der Waals surface area contributed by atoms with Gasteiger partial charge in [-0.25, -0.2) is 4.98 Å². The molecule has 0 radical (unpaired) electrons. The number of aromatic nitrogens is 2. The normalized spacial score (nSPS) is 17.5. The molecule has 4 rings (SSSR count). The van der Waals surface area contributed by atoms with Gasteiger partial charge in [-0.2, -0.15) is 0 Å². The molecule has 24 heavy (non-hydrogen) atoms. The lowest BCUT2D eigenvalue weighted by Crippen LogP contribution is -2.31. The summed E-state index contributed by atoms with van der Waals surface area (Å²) in [7, 11) is 1.67. The van der Waals surface area contributed by atoms with Gasteiger partial charge in [0.2, 0.25) is 5.91 Å². The summed E-state index contributed by atoms with van der Waals surface area (Å²) in [6, 6.07) is 8.16. The number of rotatable bonds is 4. The zero-order chi connectivity index (χ0) is 16.5. The van der Waals surface area contributed by atoms with Crippen LogP contribution in [0.4, 0.5) is 0 Å². The Morgan fingerprint density at radius 1 is 1.46 bits per heavy atom. The average molecular weight is 341 g/mol. The van der Waals surface area contributed by atoms with Crippen molar-refractivity contribution in [3.05, 3.63) is 53.3 Å². The van der Waals surface area contributed by atoms with E-state index in [2.05, 4.69) is 11.1 Å². The van der Waals surface area contributed by atoms with Gasteiger partial charge in [-0.15, -0.1) is 11.3 Å². The number of carbonyl (C=O) groups is 1. The molecule has 1 atom stereocenters. The molecule has 3 aromatic rings. The predicted octanol–water partition coefficient (Wildman–Crippen LogP) is 3.31. The van der Waals surface area contributed by atoms with Gasteiger partial charge in [0, 0.05) is 24.3 Å². The summed E-state index contributed by atoms with van der Waals surface area (Å²) in [5.74, 6) is 0.979. The van der Waals surface area contributed by atoms with E-state index in [1.165, 1.54) is 0 Å². The SMILES string of the molecule is COc1cccc(C2CCCN2C(=O)Cc2cn3ccsc3n2)c1. The molecule has 1 unspecified atom stereocenters. The number of likely N-dealkylation sites (tertiary alicyclic amines) is 1. The first-order chi connectivity index (χ1) is 11.7. The molecular weight excluding hydrogens is 322 g/mol. The number of hydrogen-bond donors (Lipinski definition) is 0. The second kappa shape index (κ2) is 6.28. The molecule has 3 heterocycles. The standard InChI is InChI=1S/C18H19N3O2S/c1-23-15-5-2-4-13(10-15)16-6-3-7-21(16)17(22)11-14-12-20-8-9-24-18(20)19-14/h2,4-5,8-10,12,16H,3,6-7,11H2,1H3. The molecular formula is C18H19N3O2S. The van der Waals surface area contributed by atoms with Crippen molar-refractivity contribution in [2.75, 3.05) is 13.7 Å². The fourth-order valence-corrected chi connectivity index (χ4v) is 4.10. The molecule has 0 bridgehead atoms. The van der Waals surface area contributed by atoms with E-state index < -0.39 is 0 Å². The van der Waals surface area contributed by atoms with Crippen LogP contribution in [0.25, 0.3) is 4.96 Å². The van der Waals surface area contributed by atoms with Crippen molar-refractivity contribution in [1.29, 1.82) is 0 Å². The maximum absolute atomic E-state index is 12.8. The lowest BCUT2D eigenvalue weighted by atomic mass is 10.0. The summed E-state index contributed by atoms with van der Waals surface area (Å²) >= 11 is 1.58. The van der Waals surface area contributed by atoms with Crippen LogP contribution in [0.15, 0.2) is 42.0 Å². The summed E-state index contributed by atoms with van der Waals surface area (Å²) in [4.78, 5) is 20.2. The van der Waals surface area contributed by atoms with Crippen LogP contribution < -0.4 is 4.74 Å². The van der Waals surface area contributed by atoms with E-state index in [0.717, 1.165) is 41.4 Å². The van der Waals surface area contributed by atoms with Crippen LogP contribution in [0.3, 0.4) is 0 Å². The second-order valence-corrected chi connectivity index (χ2v) is 6.90. The van der Waals surface area contributed by atoms with E-state index in [4.69, 9.17) is 4.74 Å². The molecule has 1 amide bonds. The molecule has 0 aliphatic carbocycles. The van der Waals surface area contributed by atoms with Crippen LogP contribution in [-0.2, 0) is 11.2 Å². The number of carbonyl (C=O) groups excluding carboxylic acids is 1. The minimum absolute atomic E-state index is 0.135. The molecule has 5 nitrogen and oxygen atoms in total. The molecule has 6 heteroatoms. The average Bonchev–Trinajstić information content (AvgIpc) is 3.30. The number of imidazole rings is 1. The fraction of sp³-hybridized carbons (Fsp3) is 0.333. The number of hydrogen-bond acceptors (Lipinski definition) is 4. The van der Waals surface area contributed by atoms with Crippen LogP contribution >= 0.6 is 11.3 Å². The quantitative estimate of drug-likeness (QED) is 0.731. The Labute approximate surface area is 144 Å². The number of methoxy groups -OCH3 is 1. The van der Waals surface area contributed by atoms with Crippen LogP contribution in [0.1, 0.15) is 30.1 Å². The third kappa shape index (κ3) is 2.78. The van der Waals surface area contributed by atoms with Crippen molar-refractivity contribution in [2.45, 2.75) is 25.3 Å². The van der Waals surface area contributed by atoms with Gasteiger partial charge < -0.3 is 9.64 Å². The van der Waals surface area contributed by atoms with Gasteiger partial charge in [0.25, 0.3) is 0 Å². The van der Waals surface area contributed by atoms with Gasteiger partial charge in [-0.05, 0) is 30.5 Å². The number of benzene rings is 1. The van der Waals surface area contributed by atoms with Crippen molar-refractivity contribution in [2.24, 2.45) is 0 Å². The van der Waals surface area contributed by atoms with Crippen LogP contribution in [0.5, 0.6) is 5.75 Å². The maximum atomic E-state index is 12.8. The Bertz CT molecular complexity index is 841. The van der Waals surface area contributed by atoms with E-state index in [-0.39, 0.29) is 11.9 Å². The van der Waals surface area contributed by atoms with Gasteiger partial charge in [-0.1, -0.05) is 12.1 Å². The lowest BCUT2D eigenvalue weighted by molar-refractivity contribution is -0.131. The summed E-state index contributed by atoms with van der Waals surface area (Å²) in [6.45, 7) is 0.808. The van der Waals surface area contributed by atoms with Crippen molar-refractivity contribution >= 4 is 22.2 Å². The molecule has 1 aliphatic heterocycles. The number of ether oxygens (including phenoxy) is 1. The van der Waals surface area contributed by atoms with E-state index in [1.54, 1.807) is 18.4 Å². The van der Waals surface area contributed by atoms with Crippen LogP contribution in [0.2, 0.25) is 0 Å². The molecule has 0 N–H and O–H groups in total. The van der Waals surface area contributed by atoms with E-state index in [0.29, 0.717) is 6.42 Å². The Kier molecular flexibility index (Phi) is 3.98. The minimum Gasteiger partial charge on any atom is -0.497 e. The number of thiazole rings is 1. The van der Waals surface area contributed by atoms with Gasteiger partial charge in [-0.3, -0.25) is 9.20 Å². The molecule has 1 fully saturated rings. The third-order valence-corrected chi connectivity index (χ3v) is 5.30. The van der Waals surface area contributed by atoms with E-state index in [9.17, 15) is 4.79 Å². The molecule has 1 saturated heterocycles. The highest BCUT2D eigenvalue weighted by Crippen LogP contribution is 2.33. The van der Waals surface area contributed by atoms with Gasteiger partial charge in [0.1, 0.15) is 5.75 Å². The first kappa shape index (κ1) is 15.2. The number of nitrogens with zero attached hydrogens (tertiary/aromatic N) is 3. The summed E-state index contributed by atoms with van der Waals surface area (Å²) in [6.07, 6.45) is 6.30. The zero-order valence-electron chi connectivity index (χ0n) is 13.5. The molecule has 1 aromatic carbocycles. The summed E-state index contributed by atoms with van der Waals surface area (Å²) in [5, 5.41) is 1.99. The van der Waals surface area contributed by atoms with Crippen LogP contribution in [-0.4, -0.2) is 33.8 Å². The largest absolute Gasteiger partial charge is 0.497 e. The highest BCUT2D eigenvalue weighted by atomic mass is 32.1. The van der Waals surface area contributed by atoms with Gasteiger partial charge in [0.15, 0.2) is 4.96 Å². The maximum Gasteiger partial charge on any atom is 0.229 e. The number of amides is 1. The van der Waals surface area contributed by atoms with Gasteiger partial charge >= 0.3 is 0 Å². The van der Waals surface area contributed by atoms with Crippen molar-refractivity contribution in [1.82, 2.24) is 14.3 Å². The second-order valence-electron chi connectivity index (χ2n) is 6.02. The van der Waals surface area contributed by atoms with Crippen molar-refractivity contribution in [3.63, 3.8) is 0 Å². The smallest absolute Gasteiger partial charge is 0.229 e. The van der Waals surface area contributed by atoms with E-state index in [1.807, 2.05) is 45.3 Å². The first-order valence-electron chi connectivity index (χ1n) is 8.09. The molecule has 0 saturated carbocycles. The lowest BCUT2D eigenvalue weighted by Gasteiger charge is -2.25. The highest BCUT2D eigenvalue weighted by molar-refractivity contribution is 7.15. The summed E-state index contributed by atoms with van der Waals surface area (Å²) < 4.78 is 7.28. The van der Waals surface area contributed by atoms with Crippen molar-refractivity contribution in [3.8, 4) is 5.75 Å². The molecule has 124 valence electrons. The topological polar surface area (TPSA) is 46.8 Å². The van der Waals surface area contributed by atoms with Gasteiger partial charge in [0.05, 0.1) is 25.3 Å². The molecule has 2 aromatic heterocycles. The summed E-state index contributed by atoms with van der Waals surface area (Å²) in [5.41, 5.74) is 1.98. The number of fused-ring (bicyclic) bond motifs is 1. The van der Waals surface area contributed by atoms with Crippen molar-refractivity contribution < 1.29 is 9.53 Å². The fourth-order valence-electron chi connectivity index (χ4n) is 3.38. The Balaban J connectivity index is 1.53. The predicted molar refractivity (Wildman–Crippen MR) is 93.5 cm³/mol. The minimum atomic E-state index is 0.135. The van der Waals surface area contributed by atoms with E-state index >= 15 is 0 Å². The Morgan fingerprint density at radius 3 is 3.21 bits per heavy atom. The Hall–Kier alpha value is -2.34.